The van der Waals surface area contributed by atoms with Gasteiger partial charge in [0.25, 0.3) is 0 Å². The molecule has 0 aliphatic rings. The van der Waals surface area contributed by atoms with Gasteiger partial charge in [-0.3, -0.25) is 4.79 Å². The summed E-state index contributed by atoms with van der Waals surface area (Å²) in [5, 5.41) is 0. The van der Waals surface area contributed by atoms with Gasteiger partial charge in [-0.25, -0.2) is 0 Å². The summed E-state index contributed by atoms with van der Waals surface area (Å²) in [6, 6.07) is 6.77. The fourth-order valence-corrected chi connectivity index (χ4v) is 1.98. The van der Waals surface area contributed by atoms with Gasteiger partial charge in [0, 0.05) is 5.56 Å². The van der Waals surface area contributed by atoms with E-state index in [1.54, 1.807) is 0 Å². The van der Waals surface area contributed by atoms with Gasteiger partial charge in [0.15, 0.2) is 0 Å². The number of rotatable bonds is 3. The summed E-state index contributed by atoms with van der Waals surface area (Å²) in [5.74, 6) is -0.653. The first kappa shape index (κ1) is 16.9. The molecule has 0 amide bonds. The van der Waals surface area contributed by atoms with Crippen molar-refractivity contribution < 1.29 is 35.9 Å². The lowest BCUT2D eigenvalue weighted by Gasteiger charge is -2.15. The number of carbonyl (C=O) groups excluding carboxylic acids is 1. The van der Waals surface area contributed by atoms with Crippen LogP contribution in [0.1, 0.15) is 15.9 Å². The SMILES string of the molecule is O=Cc1ccc(C(F)(F)F)c(-c2cccc(OC(F)(F)F)c2)c1. The summed E-state index contributed by atoms with van der Waals surface area (Å²) in [6.45, 7) is 0. The van der Waals surface area contributed by atoms with E-state index < -0.39 is 29.4 Å². The van der Waals surface area contributed by atoms with E-state index in [4.69, 9.17) is 0 Å². The number of hydrogen-bond donors (Lipinski definition) is 0. The molecule has 2 aromatic rings. The molecule has 2 rings (SSSR count). The average Bonchev–Trinajstić information content (AvgIpc) is 2.44. The zero-order chi connectivity index (χ0) is 17.3. The van der Waals surface area contributed by atoms with Crippen molar-refractivity contribution in [3.8, 4) is 16.9 Å². The molecule has 0 spiro atoms. The monoisotopic (exact) mass is 334 g/mol. The number of ether oxygens (including phenoxy) is 1. The van der Waals surface area contributed by atoms with Crippen LogP contribution >= 0.6 is 0 Å². The maximum Gasteiger partial charge on any atom is 0.573 e. The molecule has 0 fully saturated rings. The molecule has 0 heterocycles. The zero-order valence-corrected chi connectivity index (χ0v) is 11.2. The van der Waals surface area contributed by atoms with E-state index in [2.05, 4.69) is 4.74 Å². The Labute approximate surface area is 126 Å². The minimum atomic E-state index is -4.96. The Balaban J connectivity index is 2.56. The number of halogens is 6. The lowest BCUT2D eigenvalue weighted by molar-refractivity contribution is -0.274. The van der Waals surface area contributed by atoms with Gasteiger partial charge in [0.1, 0.15) is 12.0 Å². The molecule has 0 N–H and O–H groups in total. The van der Waals surface area contributed by atoms with Crippen LogP contribution in [0, 0.1) is 0 Å². The van der Waals surface area contributed by atoms with E-state index in [1.807, 2.05) is 0 Å². The summed E-state index contributed by atoms with van der Waals surface area (Å²) in [6.07, 6.45) is -9.34. The Kier molecular flexibility index (Phi) is 4.35. The first-order valence-corrected chi connectivity index (χ1v) is 6.13. The first-order valence-electron chi connectivity index (χ1n) is 6.13. The molecule has 2 aromatic carbocycles. The Hall–Kier alpha value is -2.51. The van der Waals surface area contributed by atoms with Crippen molar-refractivity contribution in [1.82, 2.24) is 0 Å². The zero-order valence-electron chi connectivity index (χ0n) is 11.2. The number of aldehydes is 1. The molecule has 0 aliphatic carbocycles. The largest absolute Gasteiger partial charge is 0.573 e. The summed E-state index contributed by atoms with van der Waals surface area (Å²) >= 11 is 0. The third-order valence-corrected chi connectivity index (χ3v) is 2.86. The van der Waals surface area contributed by atoms with E-state index in [0.717, 1.165) is 30.3 Å². The van der Waals surface area contributed by atoms with Crippen LogP contribution in [-0.4, -0.2) is 12.6 Å². The number of carbonyl (C=O) groups is 1. The van der Waals surface area contributed by atoms with Crippen molar-refractivity contribution in [3.63, 3.8) is 0 Å². The molecule has 0 radical (unpaired) electrons. The predicted molar refractivity (Wildman–Crippen MR) is 69.0 cm³/mol. The maximum absolute atomic E-state index is 13.0. The van der Waals surface area contributed by atoms with E-state index in [1.165, 1.54) is 6.07 Å². The smallest absolute Gasteiger partial charge is 0.406 e. The average molecular weight is 334 g/mol. The Morgan fingerprint density at radius 3 is 2.17 bits per heavy atom. The number of hydrogen-bond acceptors (Lipinski definition) is 2. The second-order valence-electron chi connectivity index (χ2n) is 4.50. The van der Waals surface area contributed by atoms with E-state index in [0.29, 0.717) is 12.4 Å². The Morgan fingerprint density at radius 2 is 1.61 bits per heavy atom. The van der Waals surface area contributed by atoms with Crippen molar-refractivity contribution in [2.45, 2.75) is 12.5 Å². The van der Waals surface area contributed by atoms with Crippen LogP contribution in [0.15, 0.2) is 42.5 Å². The summed E-state index contributed by atoms with van der Waals surface area (Å²) in [5.41, 5.74) is -1.65. The van der Waals surface area contributed by atoms with E-state index >= 15 is 0 Å². The van der Waals surface area contributed by atoms with Crippen molar-refractivity contribution >= 4 is 6.29 Å². The van der Waals surface area contributed by atoms with Crippen LogP contribution in [0.4, 0.5) is 26.3 Å². The van der Waals surface area contributed by atoms with Crippen molar-refractivity contribution in [2.24, 2.45) is 0 Å². The fraction of sp³-hybridized carbons (Fsp3) is 0.133. The highest BCUT2D eigenvalue weighted by Gasteiger charge is 2.34. The molecular weight excluding hydrogens is 326 g/mol. The molecule has 8 heteroatoms. The summed E-state index contributed by atoms with van der Waals surface area (Å²) < 4.78 is 79.5. The van der Waals surface area contributed by atoms with Gasteiger partial charge in [-0.15, -0.1) is 13.2 Å². The molecule has 2 nitrogen and oxygen atoms in total. The fourth-order valence-electron chi connectivity index (χ4n) is 1.98. The molecule has 23 heavy (non-hydrogen) atoms. The van der Waals surface area contributed by atoms with E-state index in [-0.39, 0.29) is 11.1 Å². The Morgan fingerprint density at radius 1 is 0.913 bits per heavy atom. The predicted octanol–water partition coefficient (Wildman–Crippen LogP) is 5.08. The molecule has 122 valence electrons. The standard InChI is InChI=1S/C15H8F6O2/c16-14(17,18)13-5-4-9(8-22)6-12(13)10-2-1-3-11(7-10)23-15(19,20)21/h1-8H. The summed E-state index contributed by atoms with van der Waals surface area (Å²) in [4.78, 5) is 10.8. The number of benzene rings is 2. The van der Waals surface area contributed by atoms with E-state index in [9.17, 15) is 31.1 Å². The molecule has 0 saturated heterocycles. The minimum absolute atomic E-state index is 0.0323. The third-order valence-electron chi connectivity index (χ3n) is 2.86. The second-order valence-corrected chi connectivity index (χ2v) is 4.50. The van der Waals surface area contributed by atoms with Crippen molar-refractivity contribution in [1.29, 1.82) is 0 Å². The third kappa shape index (κ3) is 4.24. The van der Waals surface area contributed by atoms with Crippen LogP contribution in [0.3, 0.4) is 0 Å². The highest BCUT2D eigenvalue weighted by atomic mass is 19.4. The quantitative estimate of drug-likeness (QED) is 0.578. The molecule has 0 aromatic heterocycles. The molecule has 0 aliphatic heterocycles. The molecular formula is C15H8F6O2. The minimum Gasteiger partial charge on any atom is -0.406 e. The van der Waals surface area contributed by atoms with Crippen LogP contribution in [0.2, 0.25) is 0 Å². The van der Waals surface area contributed by atoms with Gasteiger partial charge in [-0.1, -0.05) is 18.2 Å². The molecule has 0 saturated carbocycles. The maximum atomic E-state index is 13.0. The van der Waals surface area contributed by atoms with Crippen molar-refractivity contribution in [2.75, 3.05) is 0 Å². The van der Waals surface area contributed by atoms with Crippen LogP contribution in [-0.2, 0) is 6.18 Å². The molecule has 0 atom stereocenters. The molecule has 0 unspecified atom stereocenters. The van der Waals surface area contributed by atoms with Crippen LogP contribution < -0.4 is 4.74 Å². The first-order chi connectivity index (χ1) is 10.6. The van der Waals surface area contributed by atoms with Crippen LogP contribution in [0.25, 0.3) is 11.1 Å². The van der Waals surface area contributed by atoms with Gasteiger partial charge in [-0.05, 0) is 35.4 Å². The number of alkyl halides is 6. The summed E-state index contributed by atoms with van der Waals surface area (Å²) in [7, 11) is 0. The highest BCUT2D eigenvalue weighted by molar-refractivity contribution is 5.80. The molecule has 0 bridgehead atoms. The van der Waals surface area contributed by atoms with Gasteiger partial charge >= 0.3 is 12.5 Å². The lowest BCUT2D eigenvalue weighted by atomic mass is 9.97. The highest BCUT2D eigenvalue weighted by Crippen LogP contribution is 2.38. The Bertz CT molecular complexity index is 719. The second kappa shape index (κ2) is 5.94. The van der Waals surface area contributed by atoms with Gasteiger partial charge in [0.2, 0.25) is 0 Å². The van der Waals surface area contributed by atoms with Gasteiger partial charge < -0.3 is 4.74 Å². The topological polar surface area (TPSA) is 26.3 Å². The van der Waals surface area contributed by atoms with Gasteiger partial charge in [0.05, 0.1) is 5.56 Å². The lowest BCUT2D eigenvalue weighted by Crippen LogP contribution is -2.17. The van der Waals surface area contributed by atoms with Crippen LogP contribution in [0.5, 0.6) is 5.75 Å². The van der Waals surface area contributed by atoms with Crippen molar-refractivity contribution in [3.05, 3.63) is 53.6 Å². The normalized spacial score (nSPS) is 12.1. The van der Waals surface area contributed by atoms with Gasteiger partial charge in [-0.2, -0.15) is 13.2 Å².